The van der Waals surface area contributed by atoms with Gasteiger partial charge in [0.05, 0.1) is 8.95 Å². The monoisotopic (exact) mass is 438 g/mol. The third-order valence-corrected chi connectivity index (χ3v) is 3.99. The Labute approximate surface area is 144 Å². The first-order valence-corrected chi connectivity index (χ1v) is 7.79. The van der Waals surface area contributed by atoms with Crippen LogP contribution in [0.15, 0.2) is 21.1 Å². The van der Waals surface area contributed by atoms with Crippen LogP contribution in [0.5, 0.6) is 11.5 Å². The third-order valence-electron chi connectivity index (χ3n) is 2.75. The van der Waals surface area contributed by atoms with Gasteiger partial charge in [0, 0.05) is 6.07 Å². The molecule has 6 nitrogen and oxygen atoms in total. The van der Waals surface area contributed by atoms with Gasteiger partial charge in [0.15, 0.2) is 11.2 Å². The number of carboxylic acids is 2. The lowest BCUT2D eigenvalue weighted by Gasteiger charge is -2.25. The van der Waals surface area contributed by atoms with Gasteiger partial charge in [-0.2, -0.15) is 0 Å². The highest BCUT2D eigenvalue weighted by Gasteiger charge is 2.33. The molecule has 0 radical (unpaired) electrons. The summed E-state index contributed by atoms with van der Waals surface area (Å²) in [7, 11) is 0. The molecular formula is C14H16Br2O6. The smallest absolute Gasteiger partial charge is 0.347 e. The first-order valence-electron chi connectivity index (χ1n) is 6.20. The number of benzene rings is 1. The van der Waals surface area contributed by atoms with E-state index >= 15 is 0 Å². The van der Waals surface area contributed by atoms with Crippen LogP contribution in [0.4, 0.5) is 0 Å². The zero-order valence-corrected chi connectivity index (χ0v) is 15.6. The molecule has 22 heavy (non-hydrogen) atoms. The van der Waals surface area contributed by atoms with Crippen LogP contribution >= 0.6 is 31.9 Å². The number of ether oxygens (including phenoxy) is 2. The predicted molar refractivity (Wildman–Crippen MR) is 86.5 cm³/mol. The van der Waals surface area contributed by atoms with Crippen LogP contribution in [0.3, 0.4) is 0 Å². The van der Waals surface area contributed by atoms with Crippen LogP contribution in [-0.2, 0) is 9.59 Å². The van der Waals surface area contributed by atoms with Crippen molar-refractivity contribution >= 4 is 43.8 Å². The summed E-state index contributed by atoms with van der Waals surface area (Å²) in [5.74, 6) is -1.80. The van der Waals surface area contributed by atoms with Gasteiger partial charge < -0.3 is 19.7 Å². The van der Waals surface area contributed by atoms with Gasteiger partial charge in [-0.3, -0.25) is 0 Å². The van der Waals surface area contributed by atoms with Crippen LogP contribution in [-0.4, -0.2) is 33.4 Å². The minimum atomic E-state index is -1.45. The average Bonchev–Trinajstić information content (AvgIpc) is 2.34. The Morgan fingerprint density at radius 2 is 1.18 bits per heavy atom. The maximum atomic E-state index is 11.1. The Hall–Kier alpha value is -1.28. The minimum absolute atomic E-state index is 0.229. The van der Waals surface area contributed by atoms with E-state index in [1.165, 1.54) is 33.8 Å². The third kappa shape index (κ3) is 4.36. The van der Waals surface area contributed by atoms with E-state index in [1.807, 2.05) is 0 Å². The number of halogens is 2. The molecule has 0 aliphatic heterocycles. The highest BCUT2D eigenvalue weighted by atomic mass is 79.9. The molecule has 0 spiro atoms. The number of carboxylic acid groups (broad SMARTS) is 2. The van der Waals surface area contributed by atoms with E-state index in [-0.39, 0.29) is 11.5 Å². The van der Waals surface area contributed by atoms with Crippen molar-refractivity contribution < 1.29 is 29.3 Å². The topological polar surface area (TPSA) is 93.1 Å². The van der Waals surface area contributed by atoms with Crippen molar-refractivity contribution in [2.75, 3.05) is 0 Å². The summed E-state index contributed by atoms with van der Waals surface area (Å²) in [5.41, 5.74) is -2.90. The van der Waals surface area contributed by atoms with E-state index in [2.05, 4.69) is 31.9 Å². The van der Waals surface area contributed by atoms with E-state index in [0.717, 1.165) is 0 Å². The molecule has 1 rings (SSSR count). The van der Waals surface area contributed by atoms with Gasteiger partial charge >= 0.3 is 11.9 Å². The number of carbonyl (C=O) groups is 2. The van der Waals surface area contributed by atoms with Crippen LogP contribution in [0.2, 0.25) is 0 Å². The molecule has 0 aromatic heterocycles. The molecule has 0 fully saturated rings. The van der Waals surface area contributed by atoms with Crippen molar-refractivity contribution in [3.63, 3.8) is 0 Å². The normalized spacial score (nSPS) is 11.9. The van der Waals surface area contributed by atoms with E-state index < -0.39 is 23.1 Å². The Morgan fingerprint density at radius 3 is 1.45 bits per heavy atom. The number of hydrogen-bond donors (Lipinski definition) is 2. The van der Waals surface area contributed by atoms with E-state index in [1.54, 1.807) is 6.07 Å². The molecule has 122 valence electrons. The first kappa shape index (κ1) is 18.8. The van der Waals surface area contributed by atoms with Crippen LogP contribution in [0.25, 0.3) is 0 Å². The van der Waals surface area contributed by atoms with Gasteiger partial charge in [-0.25, -0.2) is 9.59 Å². The van der Waals surface area contributed by atoms with Crippen molar-refractivity contribution in [3.8, 4) is 11.5 Å². The molecule has 1 aromatic rings. The fourth-order valence-corrected chi connectivity index (χ4v) is 2.46. The summed E-state index contributed by atoms with van der Waals surface area (Å²) in [4.78, 5) is 22.3. The van der Waals surface area contributed by atoms with Crippen molar-refractivity contribution in [3.05, 3.63) is 21.1 Å². The van der Waals surface area contributed by atoms with Gasteiger partial charge in [-0.15, -0.1) is 0 Å². The zero-order chi connectivity index (χ0) is 17.3. The number of rotatable bonds is 6. The molecule has 0 aliphatic carbocycles. The first-order chi connectivity index (χ1) is 9.86. The molecular weight excluding hydrogens is 424 g/mol. The molecule has 8 heteroatoms. The standard InChI is InChI=1S/C14H16Br2O6/c1-13(2,11(17)18)21-9-6-10(8(16)5-7(9)15)22-14(3,4)12(19)20/h5-6H,1-4H3,(H,17,18)(H,19,20). The van der Waals surface area contributed by atoms with Crippen LogP contribution in [0, 0.1) is 0 Å². The van der Waals surface area contributed by atoms with Crippen molar-refractivity contribution in [2.45, 2.75) is 38.9 Å². The molecule has 0 aliphatic rings. The van der Waals surface area contributed by atoms with Crippen molar-refractivity contribution in [1.29, 1.82) is 0 Å². The minimum Gasteiger partial charge on any atom is -0.478 e. The molecule has 0 atom stereocenters. The van der Waals surface area contributed by atoms with Gasteiger partial charge in [-0.1, -0.05) is 0 Å². The van der Waals surface area contributed by atoms with Gasteiger partial charge in [0.1, 0.15) is 11.5 Å². The van der Waals surface area contributed by atoms with Crippen LogP contribution in [0.1, 0.15) is 27.7 Å². The SMILES string of the molecule is CC(C)(Oc1cc(OC(C)(C)C(=O)O)c(Br)cc1Br)C(=O)O. The molecule has 0 bridgehead atoms. The molecule has 0 saturated heterocycles. The van der Waals surface area contributed by atoms with E-state index in [9.17, 15) is 9.59 Å². The largest absolute Gasteiger partial charge is 0.478 e. The molecule has 0 unspecified atom stereocenters. The van der Waals surface area contributed by atoms with Gasteiger partial charge in [0.2, 0.25) is 0 Å². The van der Waals surface area contributed by atoms with Gasteiger partial charge in [-0.05, 0) is 65.6 Å². The number of hydrogen-bond acceptors (Lipinski definition) is 4. The average molecular weight is 440 g/mol. The van der Waals surface area contributed by atoms with Crippen molar-refractivity contribution in [1.82, 2.24) is 0 Å². The Bertz CT molecular complexity index is 560. The summed E-state index contributed by atoms with van der Waals surface area (Å²) in [6, 6.07) is 3.03. The Morgan fingerprint density at radius 1 is 0.864 bits per heavy atom. The fraction of sp³-hybridized carbons (Fsp3) is 0.429. The second-order valence-electron chi connectivity index (χ2n) is 5.55. The summed E-state index contributed by atoms with van der Waals surface area (Å²) in [5, 5.41) is 18.2. The molecule has 0 amide bonds. The summed E-state index contributed by atoms with van der Waals surface area (Å²) in [6.07, 6.45) is 0. The predicted octanol–water partition coefficient (Wildman–Crippen LogP) is 3.70. The van der Waals surface area contributed by atoms with Crippen molar-refractivity contribution in [2.24, 2.45) is 0 Å². The van der Waals surface area contributed by atoms with E-state index in [0.29, 0.717) is 8.95 Å². The highest BCUT2D eigenvalue weighted by molar-refractivity contribution is 9.11. The number of aliphatic carboxylic acids is 2. The maximum Gasteiger partial charge on any atom is 0.347 e. The van der Waals surface area contributed by atoms with Crippen LogP contribution < -0.4 is 9.47 Å². The van der Waals surface area contributed by atoms with E-state index in [4.69, 9.17) is 19.7 Å². The summed E-state index contributed by atoms with van der Waals surface area (Å²) >= 11 is 6.54. The lowest BCUT2D eigenvalue weighted by molar-refractivity contribution is -0.152. The zero-order valence-electron chi connectivity index (χ0n) is 12.4. The quantitative estimate of drug-likeness (QED) is 0.701. The molecule has 0 saturated carbocycles. The lowest BCUT2D eigenvalue weighted by atomic mass is 10.1. The highest BCUT2D eigenvalue weighted by Crippen LogP contribution is 2.39. The summed E-state index contributed by atoms with van der Waals surface area (Å²) < 4.78 is 12.0. The molecule has 2 N–H and O–H groups in total. The summed E-state index contributed by atoms with van der Waals surface area (Å²) in [6.45, 7) is 5.63. The fourth-order valence-electron chi connectivity index (χ4n) is 1.30. The molecule has 1 aromatic carbocycles. The Kier molecular flexibility index (Phi) is 5.51. The lowest BCUT2D eigenvalue weighted by Crippen LogP contribution is -2.38. The van der Waals surface area contributed by atoms with Gasteiger partial charge in [0.25, 0.3) is 0 Å². The Balaban J connectivity index is 3.20. The second-order valence-corrected chi connectivity index (χ2v) is 7.26. The molecule has 0 heterocycles. The maximum absolute atomic E-state index is 11.1. The second kappa shape index (κ2) is 6.45.